The number of hydrogen-bond donors (Lipinski definition) is 2. The minimum atomic E-state index is -0.309. The van der Waals surface area contributed by atoms with Gasteiger partial charge in [0.15, 0.2) is 0 Å². The number of carbonyl (C=O) groups is 2. The molecule has 1 atom stereocenters. The van der Waals surface area contributed by atoms with Crippen molar-refractivity contribution in [3.8, 4) is 0 Å². The van der Waals surface area contributed by atoms with E-state index in [9.17, 15) is 9.59 Å². The topological polar surface area (TPSA) is 67.4 Å². The van der Waals surface area contributed by atoms with Crippen LogP contribution in [0.4, 0.5) is 5.69 Å². The van der Waals surface area contributed by atoms with Crippen LogP contribution < -0.4 is 10.6 Å². The molecule has 5 nitrogen and oxygen atoms in total. The van der Waals surface area contributed by atoms with Gasteiger partial charge in [0.05, 0.1) is 18.6 Å². The third kappa shape index (κ3) is 7.20. The lowest BCUT2D eigenvalue weighted by molar-refractivity contribution is -0.143. The number of nitrogens with one attached hydrogen (secondary N) is 2. The molecule has 0 unspecified atom stereocenters. The van der Waals surface area contributed by atoms with Crippen LogP contribution in [-0.2, 0) is 9.53 Å². The average molecular weight is 432 g/mol. The number of ether oxygens (including phenoxy) is 1. The highest BCUT2D eigenvalue weighted by Crippen LogP contribution is 2.22. The fourth-order valence-electron chi connectivity index (χ4n) is 2.04. The molecule has 23 heavy (non-hydrogen) atoms. The highest BCUT2D eigenvalue weighted by Gasteiger charge is 2.19. The number of esters is 1. The van der Waals surface area contributed by atoms with Gasteiger partial charge in [-0.25, -0.2) is 0 Å². The van der Waals surface area contributed by atoms with Gasteiger partial charge in [0.2, 0.25) is 0 Å². The summed E-state index contributed by atoms with van der Waals surface area (Å²) < 4.78 is 5.88. The summed E-state index contributed by atoms with van der Waals surface area (Å²) in [6.45, 7) is 10.0. The first kappa shape index (κ1) is 19.7. The van der Waals surface area contributed by atoms with Crippen molar-refractivity contribution in [3.63, 3.8) is 0 Å². The number of hydrogen-bond acceptors (Lipinski definition) is 4. The van der Waals surface area contributed by atoms with E-state index >= 15 is 0 Å². The summed E-state index contributed by atoms with van der Waals surface area (Å²) in [6, 6.07) is 5.40. The molecule has 1 amide bonds. The van der Waals surface area contributed by atoms with Crippen LogP contribution in [0.2, 0.25) is 0 Å². The van der Waals surface area contributed by atoms with Crippen molar-refractivity contribution >= 4 is 40.2 Å². The molecule has 6 heteroatoms. The first-order chi connectivity index (χ1) is 10.6. The minimum absolute atomic E-state index is 0.154. The summed E-state index contributed by atoms with van der Waals surface area (Å²) in [4.78, 5) is 24.0. The number of benzene rings is 1. The zero-order valence-electron chi connectivity index (χ0n) is 14.3. The zero-order valence-corrected chi connectivity index (χ0v) is 16.5. The average Bonchev–Trinajstić information content (AvgIpc) is 2.39. The number of halogens is 1. The fourth-order valence-corrected chi connectivity index (χ4v) is 2.53. The largest absolute Gasteiger partial charge is 0.466 e. The van der Waals surface area contributed by atoms with Crippen LogP contribution in [-0.4, -0.2) is 30.1 Å². The minimum Gasteiger partial charge on any atom is -0.466 e. The van der Waals surface area contributed by atoms with Gasteiger partial charge in [-0.2, -0.15) is 0 Å². The van der Waals surface area contributed by atoms with Crippen LogP contribution in [0.5, 0.6) is 0 Å². The Morgan fingerprint density at radius 1 is 1.30 bits per heavy atom. The normalized spacial score (nSPS) is 12.4. The van der Waals surface area contributed by atoms with E-state index in [-0.39, 0.29) is 29.9 Å². The molecule has 0 aromatic heterocycles. The molecule has 128 valence electrons. The first-order valence-corrected chi connectivity index (χ1v) is 8.74. The smallest absolute Gasteiger partial charge is 0.307 e. The summed E-state index contributed by atoms with van der Waals surface area (Å²) >= 11 is 2.18. The van der Waals surface area contributed by atoms with Gasteiger partial charge in [0.1, 0.15) is 0 Å². The third-order valence-electron chi connectivity index (χ3n) is 2.89. The Balaban J connectivity index is 2.86. The molecule has 0 aliphatic carbocycles. The van der Waals surface area contributed by atoms with Crippen molar-refractivity contribution in [2.45, 2.75) is 52.6 Å². The quantitative estimate of drug-likeness (QED) is 0.533. The van der Waals surface area contributed by atoms with Gasteiger partial charge in [-0.15, -0.1) is 0 Å². The van der Waals surface area contributed by atoms with Crippen LogP contribution in [0.1, 0.15) is 51.4 Å². The molecular formula is C17H25IN2O3. The van der Waals surface area contributed by atoms with Crippen molar-refractivity contribution in [1.82, 2.24) is 5.32 Å². The summed E-state index contributed by atoms with van der Waals surface area (Å²) in [5.74, 6) is -0.511. The highest BCUT2D eigenvalue weighted by molar-refractivity contribution is 14.1. The van der Waals surface area contributed by atoms with Gasteiger partial charge in [0.25, 0.3) is 5.91 Å². The number of anilines is 1. The highest BCUT2D eigenvalue weighted by atomic mass is 127. The maximum atomic E-state index is 12.5. The maximum absolute atomic E-state index is 12.5. The number of rotatable bonds is 6. The summed E-state index contributed by atoms with van der Waals surface area (Å²) in [5, 5.41) is 6.19. The molecule has 1 aromatic rings. The molecule has 1 rings (SSSR count). The summed E-state index contributed by atoms with van der Waals surface area (Å²) in [5.41, 5.74) is 1.19. The van der Waals surface area contributed by atoms with Gasteiger partial charge < -0.3 is 15.4 Å². The van der Waals surface area contributed by atoms with E-state index in [1.165, 1.54) is 0 Å². The molecule has 0 spiro atoms. The second kappa shape index (κ2) is 8.52. The Morgan fingerprint density at radius 2 is 1.96 bits per heavy atom. The molecule has 0 heterocycles. The fraction of sp³-hybridized carbons (Fsp3) is 0.529. The van der Waals surface area contributed by atoms with Crippen LogP contribution in [0, 0.1) is 3.57 Å². The second-order valence-corrected chi connectivity index (χ2v) is 7.69. The van der Waals surface area contributed by atoms with Crippen molar-refractivity contribution in [1.29, 1.82) is 0 Å². The SMILES string of the molecule is CCOC(=O)C[C@H](C)NC(=O)c1cc(I)ccc1NC(C)(C)C. The Labute approximate surface area is 151 Å². The van der Waals surface area contributed by atoms with E-state index in [2.05, 4.69) is 33.2 Å². The summed E-state index contributed by atoms with van der Waals surface area (Å²) in [7, 11) is 0. The van der Waals surface area contributed by atoms with E-state index in [0.29, 0.717) is 12.2 Å². The Bertz CT molecular complexity index is 567. The second-order valence-electron chi connectivity index (χ2n) is 6.45. The molecular weight excluding hydrogens is 407 g/mol. The van der Waals surface area contributed by atoms with Crippen LogP contribution in [0.25, 0.3) is 0 Å². The van der Waals surface area contributed by atoms with Crippen LogP contribution in [0.15, 0.2) is 18.2 Å². The van der Waals surface area contributed by atoms with E-state index in [1.54, 1.807) is 13.8 Å². The van der Waals surface area contributed by atoms with E-state index < -0.39 is 0 Å². The van der Waals surface area contributed by atoms with Gasteiger partial charge in [-0.05, 0) is 75.4 Å². The molecule has 0 saturated heterocycles. The van der Waals surface area contributed by atoms with E-state index in [1.807, 2.05) is 39.0 Å². The Hall–Kier alpha value is -1.31. The molecule has 0 bridgehead atoms. The predicted molar refractivity (Wildman–Crippen MR) is 101 cm³/mol. The molecule has 0 radical (unpaired) electrons. The molecule has 0 saturated carbocycles. The first-order valence-electron chi connectivity index (χ1n) is 7.66. The van der Waals surface area contributed by atoms with E-state index in [0.717, 1.165) is 9.26 Å². The van der Waals surface area contributed by atoms with Crippen molar-refractivity contribution < 1.29 is 14.3 Å². The zero-order chi connectivity index (χ0) is 17.6. The Morgan fingerprint density at radius 3 is 2.52 bits per heavy atom. The standard InChI is InChI=1S/C17H25IN2O3/c1-6-23-15(21)9-11(2)19-16(22)13-10-12(18)7-8-14(13)20-17(3,4)5/h7-8,10-11,20H,6,9H2,1-5H3,(H,19,22)/t11-/m0/s1. The number of carbonyl (C=O) groups excluding carboxylic acids is 2. The monoisotopic (exact) mass is 432 g/mol. The number of amides is 1. The lowest BCUT2D eigenvalue weighted by atomic mass is 10.1. The lowest BCUT2D eigenvalue weighted by Crippen LogP contribution is -2.36. The van der Waals surface area contributed by atoms with Crippen LogP contribution in [0.3, 0.4) is 0 Å². The lowest BCUT2D eigenvalue weighted by Gasteiger charge is -2.24. The molecule has 0 aliphatic rings. The molecule has 0 fully saturated rings. The maximum Gasteiger partial charge on any atom is 0.307 e. The molecule has 2 N–H and O–H groups in total. The van der Waals surface area contributed by atoms with Gasteiger partial charge in [-0.1, -0.05) is 0 Å². The predicted octanol–water partition coefficient (Wildman–Crippen LogP) is 3.57. The van der Waals surface area contributed by atoms with Gasteiger partial charge in [0, 0.05) is 20.8 Å². The van der Waals surface area contributed by atoms with Crippen molar-refractivity contribution in [3.05, 3.63) is 27.3 Å². The van der Waals surface area contributed by atoms with Crippen LogP contribution >= 0.6 is 22.6 Å². The van der Waals surface area contributed by atoms with Crippen molar-refractivity contribution in [2.24, 2.45) is 0 Å². The molecule has 1 aromatic carbocycles. The van der Waals surface area contributed by atoms with E-state index in [4.69, 9.17) is 4.74 Å². The van der Waals surface area contributed by atoms with Gasteiger partial charge in [-0.3, -0.25) is 9.59 Å². The van der Waals surface area contributed by atoms with Crippen molar-refractivity contribution in [2.75, 3.05) is 11.9 Å². The third-order valence-corrected chi connectivity index (χ3v) is 3.56. The van der Waals surface area contributed by atoms with Gasteiger partial charge >= 0.3 is 5.97 Å². The summed E-state index contributed by atoms with van der Waals surface area (Å²) in [6.07, 6.45) is 0.158. The molecule has 0 aliphatic heterocycles. The Kier molecular flexibility index (Phi) is 7.31.